The number of hydrogen-bond acceptors (Lipinski definition) is 3. The zero-order valence-electron chi connectivity index (χ0n) is 15.8. The fourth-order valence-electron chi connectivity index (χ4n) is 2.65. The van der Waals surface area contributed by atoms with E-state index in [9.17, 15) is 9.59 Å². The van der Waals surface area contributed by atoms with Crippen LogP contribution in [-0.2, 0) is 4.79 Å². The van der Waals surface area contributed by atoms with Gasteiger partial charge < -0.3 is 14.6 Å². The van der Waals surface area contributed by atoms with Crippen LogP contribution in [-0.4, -0.2) is 35.8 Å². The van der Waals surface area contributed by atoms with Gasteiger partial charge in [-0.05, 0) is 39.7 Å². The van der Waals surface area contributed by atoms with Gasteiger partial charge in [-0.3, -0.25) is 9.59 Å². The van der Waals surface area contributed by atoms with Gasteiger partial charge in [-0.15, -0.1) is 0 Å². The molecular formula is C19H32N2O3. The Labute approximate surface area is 145 Å². The molecule has 24 heavy (non-hydrogen) atoms. The van der Waals surface area contributed by atoms with Crippen molar-refractivity contribution in [3.63, 3.8) is 0 Å². The molecule has 0 aliphatic rings. The summed E-state index contributed by atoms with van der Waals surface area (Å²) in [7, 11) is 0. The summed E-state index contributed by atoms with van der Waals surface area (Å²) in [4.78, 5) is 26.6. The predicted octanol–water partition coefficient (Wildman–Crippen LogP) is 3.83. The van der Waals surface area contributed by atoms with Crippen LogP contribution in [0.3, 0.4) is 0 Å². The highest BCUT2D eigenvalue weighted by molar-refractivity contribution is 5.95. The molecule has 1 aromatic rings. The quantitative estimate of drug-likeness (QED) is 0.660. The Morgan fingerprint density at radius 2 is 1.96 bits per heavy atom. The third kappa shape index (κ3) is 6.02. The van der Waals surface area contributed by atoms with Gasteiger partial charge in [0.05, 0.1) is 5.56 Å². The number of carbonyl (C=O) groups is 2. The maximum atomic E-state index is 12.8. The van der Waals surface area contributed by atoms with E-state index in [0.717, 1.165) is 31.4 Å². The number of rotatable bonds is 10. The fourth-order valence-corrected chi connectivity index (χ4v) is 2.65. The monoisotopic (exact) mass is 336 g/mol. The van der Waals surface area contributed by atoms with Gasteiger partial charge in [0.25, 0.3) is 5.91 Å². The van der Waals surface area contributed by atoms with Crippen molar-refractivity contribution in [3.05, 3.63) is 23.2 Å². The average Bonchev–Trinajstić information content (AvgIpc) is 2.89. The number of furan rings is 1. The maximum Gasteiger partial charge on any atom is 0.257 e. The summed E-state index contributed by atoms with van der Waals surface area (Å²) in [5.74, 6) is 1.31. The van der Waals surface area contributed by atoms with Crippen molar-refractivity contribution in [2.75, 3.05) is 13.1 Å². The molecule has 0 saturated heterocycles. The Bertz CT molecular complexity index is 537. The topological polar surface area (TPSA) is 62.6 Å². The SMILES string of the molecule is CCCCCNC(=O)CCN(C(=O)c1cc(C)oc1C)[C@H](C)CC. The van der Waals surface area contributed by atoms with Crippen LogP contribution in [0.15, 0.2) is 10.5 Å². The van der Waals surface area contributed by atoms with Gasteiger partial charge in [-0.25, -0.2) is 0 Å². The summed E-state index contributed by atoms with van der Waals surface area (Å²) in [5, 5.41) is 2.93. The minimum atomic E-state index is -0.0579. The molecule has 0 fully saturated rings. The van der Waals surface area contributed by atoms with E-state index in [2.05, 4.69) is 12.2 Å². The molecule has 0 bridgehead atoms. The Kier molecular flexibility index (Phi) is 8.58. The number of nitrogens with one attached hydrogen (secondary N) is 1. The number of unbranched alkanes of at least 4 members (excludes halogenated alkanes) is 2. The Balaban J connectivity index is 2.64. The lowest BCUT2D eigenvalue weighted by atomic mass is 10.1. The second-order valence-electron chi connectivity index (χ2n) is 6.39. The Morgan fingerprint density at radius 1 is 1.25 bits per heavy atom. The van der Waals surface area contributed by atoms with Gasteiger partial charge in [0, 0.05) is 25.6 Å². The molecule has 136 valence electrons. The molecule has 0 saturated carbocycles. The highest BCUT2D eigenvalue weighted by Gasteiger charge is 2.24. The van der Waals surface area contributed by atoms with E-state index >= 15 is 0 Å². The van der Waals surface area contributed by atoms with Crippen LogP contribution in [0.2, 0.25) is 0 Å². The van der Waals surface area contributed by atoms with Gasteiger partial charge >= 0.3 is 0 Å². The molecule has 0 unspecified atom stereocenters. The number of hydrogen-bond donors (Lipinski definition) is 1. The summed E-state index contributed by atoms with van der Waals surface area (Å²) in [6.45, 7) is 11.0. The Hall–Kier alpha value is -1.78. The molecule has 5 heteroatoms. The molecule has 0 aromatic carbocycles. The highest BCUT2D eigenvalue weighted by atomic mass is 16.3. The number of nitrogens with zero attached hydrogens (tertiary/aromatic N) is 1. The van der Waals surface area contributed by atoms with Crippen molar-refractivity contribution in [1.82, 2.24) is 10.2 Å². The van der Waals surface area contributed by atoms with Crippen LogP contribution in [0, 0.1) is 13.8 Å². The van der Waals surface area contributed by atoms with Gasteiger partial charge in [0.15, 0.2) is 0 Å². The van der Waals surface area contributed by atoms with E-state index in [1.807, 2.05) is 20.8 Å². The van der Waals surface area contributed by atoms with E-state index in [-0.39, 0.29) is 17.9 Å². The molecular weight excluding hydrogens is 304 g/mol. The maximum absolute atomic E-state index is 12.8. The van der Waals surface area contributed by atoms with Crippen LogP contribution < -0.4 is 5.32 Å². The summed E-state index contributed by atoms with van der Waals surface area (Å²) < 4.78 is 5.47. The van der Waals surface area contributed by atoms with Gasteiger partial charge in [-0.1, -0.05) is 26.7 Å². The third-order valence-corrected chi connectivity index (χ3v) is 4.34. The van der Waals surface area contributed by atoms with Crippen LogP contribution in [0.25, 0.3) is 0 Å². The lowest BCUT2D eigenvalue weighted by Gasteiger charge is -2.28. The smallest absolute Gasteiger partial charge is 0.257 e. The van der Waals surface area contributed by atoms with Crippen molar-refractivity contribution < 1.29 is 14.0 Å². The standard InChI is InChI=1S/C19H32N2O3/c1-6-8-9-11-20-18(22)10-12-21(14(3)7-2)19(23)17-13-15(4)24-16(17)5/h13-14H,6-12H2,1-5H3,(H,20,22)/t14-/m1/s1. The first-order valence-corrected chi connectivity index (χ1v) is 9.05. The van der Waals surface area contributed by atoms with E-state index in [1.165, 1.54) is 0 Å². The average molecular weight is 336 g/mol. The molecule has 1 aromatic heterocycles. The highest BCUT2D eigenvalue weighted by Crippen LogP contribution is 2.18. The minimum Gasteiger partial charge on any atom is -0.466 e. The van der Waals surface area contributed by atoms with E-state index in [0.29, 0.717) is 30.8 Å². The predicted molar refractivity (Wildman–Crippen MR) is 96.1 cm³/mol. The number of amides is 2. The normalized spacial score (nSPS) is 12.0. The Morgan fingerprint density at radius 3 is 2.50 bits per heavy atom. The molecule has 0 radical (unpaired) electrons. The molecule has 1 atom stereocenters. The second kappa shape index (κ2) is 10.2. The van der Waals surface area contributed by atoms with Crippen molar-refractivity contribution in [1.29, 1.82) is 0 Å². The zero-order chi connectivity index (χ0) is 18.1. The lowest BCUT2D eigenvalue weighted by molar-refractivity contribution is -0.121. The molecule has 1 heterocycles. The lowest BCUT2D eigenvalue weighted by Crippen LogP contribution is -2.41. The fraction of sp³-hybridized carbons (Fsp3) is 0.684. The number of aryl methyl sites for hydroxylation is 2. The molecule has 1 N–H and O–H groups in total. The van der Waals surface area contributed by atoms with Gasteiger partial charge in [0.1, 0.15) is 11.5 Å². The second-order valence-corrected chi connectivity index (χ2v) is 6.39. The molecule has 2 amide bonds. The van der Waals surface area contributed by atoms with E-state index < -0.39 is 0 Å². The van der Waals surface area contributed by atoms with Crippen LogP contribution >= 0.6 is 0 Å². The largest absolute Gasteiger partial charge is 0.466 e. The zero-order valence-corrected chi connectivity index (χ0v) is 15.8. The van der Waals surface area contributed by atoms with Crippen LogP contribution in [0.5, 0.6) is 0 Å². The minimum absolute atomic E-state index is 0.00676. The summed E-state index contributed by atoms with van der Waals surface area (Å²) in [6, 6.07) is 1.86. The van der Waals surface area contributed by atoms with Gasteiger partial charge in [0.2, 0.25) is 5.91 Å². The third-order valence-electron chi connectivity index (χ3n) is 4.34. The molecule has 5 nitrogen and oxygen atoms in total. The van der Waals surface area contributed by atoms with Crippen molar-refractivity contribution in [2.24, 2.45) is 0 Å². The van der Waals surface area contributed by atoms with E-state index in [4.69, 9.17) is 4.42 Å². The van der Waals surface area contributed by atoms with E-state index in [1.54, 1.807) is 17.9 Å². The first kappa shape index (κ1) is 20.3. The summed E-state index contributed by atoms with van der Waals surface area (Å²) in [6.07, 6.45) is 4.44. The molecule has 1 rings (SSSR count). The van der Waals surface area contributed by atoms with Crippen molar-refractivity contribution in [3.8, 4) is 0 Å². The van der Waals surface area contributed by atoms with Crippen LogP contribution in [0.4, 0.5) is 0 Å². The molecule has 0 aliphatic heterocycles. The molecule has 0 spiro atoms. The van der Waals surface area contributed by atoms with Crippen molar-refractivity contribution in [2.45, 2.75) is 72.8 Å². The number of carbonyl (C=O) groups excluding carboxylic acids is 2. The summed E-state index contributed by atoms with van der Waals surface area (Å²) in [5.41, 5.74) is 0.594. The van der Waals surface area contributed by atoms with Crippen molar-refractivity contribution >= 4 is 11.8 Å². The first-order chi connectivity index (χ1) is 11.4. The van der Waals surface area contributed by atoms with Crippen LogP contribution in [0.1, 0.15) is 74.8 Å². The summed E-state index contributed by atoms with van der Waals surface area (Å²) >= 11 is 0. The first-order valence-electron chi connectivity index (χ1n) is 9.05. The molecule has 0 aliphatic carbocycles. The van der Waals surface area contributed by atoms with Gasteiger partial charge in [-0.2, -0.15) is 0 Å².